The average molecular weight is 458 g/mol. The highest BCUT2D eigenvalue weighted by Gasteiger charge is 2.44. The Kier molecular flexibility index (Phi) is 5.78. The van der Waals surface area contributed by atoms with Crippen molar-refractivity contribution in [2.45, 2.75) is 39.2 Å². The van der Waals surface area contributed by atoms with E-state index in [4.69, 9.17) is 9.47 Å². The molecule has 0 bridgehead atoms. The molecule has 4 rings (SSSR count). The van der Waals surface area contributed by atoms with Crippen LogP contribution in [0.15, 0.2) is 48.6 Å². The summed E-state index contributed by atoms with van der Waals surface area (Å²) < 4.78 is 51.7. The van der Waals surface area contributed by atoms with Gasteiger partial charge in [-0.1, -0.05) is 18.7 Å². The second-order valence-electron chi connectivity index (χ2n) is 8.08. The SMILES string of the molecule is C=C1C(=O)O[C@H]2c3c(C)c(OC(=O)/C=C/c4ccc(OC(F)(F)F)cc4)cc(C)c3CC[C@@H]12. The van der Waals surface area contributed by atoms with Gasteiger partial charge in [-0.05, 0) is 73.2 Å². The highest BCUT2D eigenvalue weighted by atomic mass is 19.4. The zero-order valence-corrected chi connectivity index (χ0v) is 18.0. The second-order valence-corrected chi connectivity index (χ2v) is 8.08. The van der Waals surface area contributed by atoms with Crippen LogP contribution in [0.1, 0.15) is 40.3 Å². The van der Waals surface area contributed by atoms with Crippen molar-refractivity contribution in [1.82, 2.24) is 0 Å². The number of esters is 2. The van der Waals surface area contributed by atoms with E-state index in [9.17, 15) is 22.8 Å². The van der Waals surface area contributed by atoms with Gasteiger partial charge in [0.25, 0.3) is 0 Å². The topological polar surface area (TPSA) is 61.8 Å². The highest BCUT2D eigenvalue weighted by molar-refractivity contribution is 5.91. The van der Waals surface area contributed by atoms with Crippen molar-refractivity contribution in [1.29, 1.82) is 0 Å². The molecule has 2 aromatic rings. The van der Waals surface area contributed by atoms with Crippen LogP contribution in [0.2, 0.25) is 0 Å². The summed E-state index contributed by atoms with van der Waals surface area (Å²) in [5, 5.41) is 0. The van der Waals surface area contributed by atoms with E-state index in [0.717, 1.165) is 47.2 Å². The Balaban J connectivity index is 1.51. The van der Waals surface area contributed by atoms with E-state index >= 15 is 0 Å². The average Bonchev–Trinajstić information content (AvgIpc) is 3.03. The van der Waals surface area contributed by atoms with Gasteiger partial charge in [0.2, 0.25) is 0 Å². The molecule has 1 heterocycles. The van der Waals surface area contributed by atoms with Gasteiger partial charge >= 0.3 is 18.3 Å². The predicted octanol–water partition coefficient (Wildman–Crippen LogP) is 5.54. The fraction of sp³-hybridized carbons (Fsp3) is 0.280. The first-order valence-corrected chi connectivity index (χ1v) is 10.3. The third-order valence-corrected chi connectivity index (χ3v) is 5.96. The van der Waals surface area contributed by atoms with Crippen molar-refractivity contribution in [3.63, 3.8) is 0 Å². The van der Waals surface area contributed by atoms with Gasteiger partial charge in [-0.15, -0.1) is 13.2 Å². The molecule has 0 radical (unpaired) electrons. The summed E-state index contributed by atoms with van der Waals surface area (Å²) in [6.45, 7) is 7.60. The van der Waals surface area contributed by atoms with Crippen LogP contribution in [-0.2, 0) is 20.7 Å². The highest BCUT2D eigenvalue weighted by Crippen LogP contribution is 2.49. The first-order valence-electron chi connectivity index (χ1n) is 10.3. The van der Waals surface area contributed by atoms with Gasteiger partial charge in [0.1, 0.15) is 17.6 Å². The zero-order valence-electron chi connectivity index (χ0n) is 18.0. The van der Waals surface area contributed by atoms with Crippen LogP contribution < -0.4 is 9.47 Å². The summed E-state index contributed by atoms with van der Waals surface area (Å²) in [5.41, 5.74) is 4.59. The molecule has 0 spiro atoms. The molecule has 2 aromatic carbocycles. The molecule has 2 aliphatic rings. The molecule has 0 unspecified atom stereocenters. The van der Waals surface area contributed by atoms with E-state index in [1.165, 1.54) is 24.3 Å². The van der Waals surface area contributed by atoms with E-state index < -0.39 is 24.4 Å². The normalized spacial score (nSPS) is 19.8. The van der Waals surface area contributed by atoms with E-state index in [-0.39, 0.29) is 11.7 Å². The summed E-state index contributed by atoms with van der Waals surface area (Å²) in [4.78, 5) is 24.5. The minimum Gasteiger partial charge on any atom is -0.453 e. The number of hydrogen-bond donors (Lipinski definition) is 0. The van der Waals surface area contributed by atoms with Gasteiger partial charge in [-0.2, -0.15) is 0 Å². The number of carbonyl (C=O) groups is 2. The van der Waals surface area contributed by atoms with Gasteiger partial charge in [0.05, 0.1) is 0 Å². The number of benzene rings is 2. The molecule has 0 N–H and O–H groups in total. The first-order chi connectivity index (χ1) is 15.5. The third-order valence-electron chi connectivity index (χ3n) is 5.96. The Morgan fingerprint density at radius 3 is 2.58 bits per heavy atom. The molecule has 33 heavy (non-hydrogen) atoms. The van der Waals surface area contributed by atoms with Crippen molar-refractivity contribution in [2.24, 2.45) is 5.92 Å². The largest absolute Gasteiger partial charge is 0.573 e. The monoisotopic (exact) mass is 458 g/mol. The third kappa shape index (κ3) is 4.65. The Morgan fingerprint density at radius 2 is 1.91 bits per heavy atom. The Morgan fingerprint density at radius 1 is 1.21 bits per heavy atom. The van der Waals surface area contributed by atoms with Gasteiger partial charge in [-0.25, -0.2) is 9.59 Å². The predicted molar refractivity (Wildman–Crippen MR) is 113 cm³/mol. The number of halogens is 3. The van der Waals surface area contributed by atoms with Crippen LogP contribution in [-0.4, -0.2) is 18.3 Å². The standard InChI is InChI=1S/C25H21F3O5/c1-13-12-20(15(3)22-18(13)9-10-19-14(2)24(30)32-23(19)22)31-21(29)11-6-16-4-7-17(8-5-16)33-25(26,27)28/h4-8,11-12,19,23H,2,9-10H2,1,3H3/b11-6+/t19-,23+/m0/s1. The molecular weight excluding hydrogens is 437 g/mol. The Hall–Kier alpha value is -3.55. The number of ether oxygens (including phenoxy) is 3. The molecular formula is C25H21F3O5. The quantitative estimate of drug-likeness (QED) is 0.342. The second kappa shape index (κ2) is 8.42. The minimum absolute atomic E-state index is 0.0850. The smallest absolute Gasteiger partial charge is 0.453 e. The maximum atomic E-state index is 12.4. The Labute approximate surface area is 188 Å². The lowest BCUT2D eigenvalue weighted by Crippen LogP contribution is -2.21. The maximum absolute atomic E-state index is 12.4. The van der Waals surface area contributed by atoms with Crippen molar-refractivity contribution >= 4 is 18.0 Å². The molecule has 1 aliphatic carbocycles. The van der Waals surface area contributed by atoms with Crippen LogP contribution in [0.3, 0.4) is 0 Å². The molecule has 0 amide bonds. The molecule has 2 atom stereocenters. The molecule has 8 heteroatoms. The minimum atomic E-state index is -4.77. The number of fused-ring (bicyclic) bond motifs is 3. The van der Waals surface area contributed by atoms with E-state index in [1.807, 2.05) is 13.8 Å². The maximum Gasteiger partial charge on any atom is 0.573 e. The van der Waals surface area contributed by atoms with Crippen molar-refractivity contribution in [3.8, 4) is 11.5 Å². The van der Waals surface area contributed by atoms with Crippen molar-refractivity contribution in [3.05, 3.63) is 76.4 Å². The van der Waals surface area contributed by atoms with Crippen molar-refractivity contribution < 1.29 is 37.0 Å². The van der Waals surface area contributed by atoms with E-state index in [0.29, 0.717) is 16.9 Å². The lowest BCUT2D eigenvalue weighted by atomic mass is 9.76. The van der Waals surface area contributed by atoms with E-state index in [1.54, 1.807) is 6.07 Å². The Bertz CT molecular complexity index is 1160. The van der Waals surface area contributed by atoms with Crippen LogP contribution in [0.5, 0.6) is 11.5 Å². The molecule has 1 saturated heterocycles. The van der Waals surface area contributed by atoms with Crippen LogP contribution >= 0.6 is 0 Å². The van der Waals surface area contributed by atoms with Crippen LogP contribution in [0.25, 0.3) is 6.08 Å². The van der Waals surface area contributed by atoms with Crippen LogP contribution in [0, 0.1) is 19.8 Å². The van der Waals surface area contributed by atoms with Gasteiger partial charge in [0, 0.05) is 23.1 Å². The summed E-state index contributed by atoms with van der Waals surface area (Å²) in [7, 11) is 0. The summed E-state index contributed by atoms with van der Waals surface area (Å²) in [6, 6.07) is 6.88. The fourth-order valence-corrected chi connectivity index (χ4v) is 4.37. The lowest BCUT2D eigenvalue weighted by molar-refractivity contribution is -0.274. The number of aryl methyl sites for hydroxylation is 1. The summed E-state index contributed by atoms with van der Waals surface area (Å²) in [5.74, 6) is -1.11. The molecule has 5 nitrogen and oxygen atoms in total. The number of hydrogen-bond acceptors (Lipinski definition) is 5. The van der Waals surface area contributed by atoms with E-state index in [2.05, 4.69) is 11.3 Å². The van der Waals surface area contributed by atoms with Gasteiger partial charge in [0.15, 0.2) is 0 Å². The van der Waals surface area contributed by atoms with Gasteiger partial charge < -0.3 is 14.2 Å². The number of alkyl halides is 3. The van der Waals surface area contributed by atoms with Gasteiger partial charge in [-0.3, -0.25) is 0 Å². The van der Waals surface area contributed by atoms with Crippen LogP contribution in [0.4, 0.5) is 13.2 Å². The van der Waals surface area contributed by atoms with Crippen molar-refractivity contribution in [2.75, 3.05) is 0 Å². The molecule has 0 saturated carbocycles. The lowest BCUT2D eigenvalue weighted by Gasteiger charge is -2.30. The summed E-state index contributed by atoms with van der Waals surface area (Å²) in [6.07, 6.45) is -1.03. The fourth-order valence-electron chi connectivity index (χ4n) is 4.37. The molecule has 0 aromatic heterocycles. The number of rotatable bonds is 4. The zero-order chi connectivity index (χ0) is 23.9. The molecule has 172 valence electrons. The molecule has 1 aliphatic heterocycles. The first kappa shape index (κ1) is 22.6. The number of carbonyl (C=O) groups excluding carboxylic acids is 2. The molecule has 1 fully saturated rings. The summed E-state index contributed by atoms with van der Waals surface area (Å²) >= 11 is 0.